The maximum atomic E-state index is 12.1. The van der Waals surface area contributed by atoms with E-state index < -0.39 is 5.69 Å². The van der Waals surface area contributed by atoms with Crippen molar-refractivity contribution in [3.63, 3.8) is 0 Å². The molecule has 20 heavy (non-hydrogen) atoms. The van der Waals surface area contributed by atoms with E-state index in [1.165, 1.54) is 4.57 Å². The number of rotatable bonds is 5. The molecule has 0 amide bonds. The predicted octanol–water partition coefficient (Wildman–Crippen LogP) is 1.72. The number of imidazole rings is 1. The summed E-state index contributed by atoms with van der Waals surface area (Å²) in [6.45, 7) is 7.02. The Morgan fingerprint density at radius 2 is 2.05 bits per heavy atom. The summed E-state index contributed by atoms with van der Waals surface area (Å²) in [5.74, 6) is 0. The van der Waals surface area contributed by atoms with Crippen molar-refractivity contribution in [3.8, 4) is 0 Å². The third-order valence-electron chi connectivity index (χ3n) is 3.30. The molecule has 0 radical (unpaired) electrons. The molecule has 0 saturated heterocycles. The van der Waals surface area contributed by atoms with E-state index in [2.05, 4.69) is 30.7 Å². The Morgan fingerprint density at radius 1 is 1.35 bits per heavy atom. The van der Waals surface area contributed by atoms with Crippen molar-refractivity contribution in [2.45, 2.75) is 50.6 Å². The summed E-state index contributed by atoms with van der Waals surface area (Å²) in [7, 11) is 1.63. The fourth-order valence-electron chi connectivity index (χ4n) is 2.00. The number of H-pyrrole nitrogens is 1. The highest BCUT2D eigenvalue weighted by Gasteiger charge is 2.18. The monoisotopic (exact) mass is 296 g/mol. The van der Waals surface area contributed by atoms with Gasteiger partial charge in [0.05, 0.1) is 0 Å². The van der Waals surface area contributed by atoms with Crippen molar-refractivity contribution < 1.29 is 0 Å². The maximum absolute atomic E-state index is 12.1. The summed E-state index contributed by atoms with van der Waals surface area (Å²) >= 11 is 1.64. The van der Waals surface area contributed by atoms with E-state index in [1.807, 2.05) is 4.57 Å². The molecule has 0 aliphatic heterocycles. The second-order valence-electron chi connectivity index (χ2n) is 4.87. The van der Waals surface area contributed by atoms with Crippen LogP contribution >= 0.6 is 11.8 Å². The lowest BCUT2D eigenvalue weighted by Crippen LogP contribution is -2.29. The van der Waals surface area contributed by atoms with E-state index >= 15 is 0 Å². The molecule has 0 saturated carbocycles. The molecule has 7 heteroatoms. The Kier molecular flexibility index (Phi) is 4.37. The van der Waals surface area contributed by atoms with Crippen LogP contribution in [-0.2, 0) is 13.6 Å². The van der Waals surface area contributed by atoms with Gasteiger partial charge in [-0.25, -0.2) is 9.78 Å². The fourth-order valence-corrected chi connectivity index (χ4v) is 2.97. The molecule has 2 rings (SSSR count). The lowest BCUT2D eigenvalue weighted by Gasteiger charge is -2.10. The first-order chi connectivity index (χ1) is 9.49. The number of aromatic nitrogens is 4. The average Bonchev–Trinajstić information content (AvgIpc) is 2.76. The summed E-state index contributed by atoms with van der Waals surface area (Å²) in [5, 5.41) is 1.22. The van der Waals surface area contributed by atoms with Crippen LogP contribution in [-0.4, -0.2) is 24.4 Å². The van der Waals surface area contributed by atoms with Crippen LogP contribution in [0.5, 0.6) is 0 Å². The van der Waals surface area contributed by atoms with E-state index in [0.29, 0.717) is 16.4 Å². The van der Waals surface area contributed by atoms with Crippen LogP contribution < -0.4 is 11.2 Å². The highest BCUT2D eigenvalue weighted by molar-refractivity contribution is 7.99. The first kappa shape index (κ1) is 14.9. The van der Waals surface area contributed by atoms with Crippen molar-refractivity contribution in [2.75, 3.05) is 0 Å². The van der Waals surface area contributed by atoms with Crippen LogP contribution in [0.3, 0.4) is 0 Å². The van der Waals surface area contributed by atoms with E-state index in [1.54, 1.807) is 18.8 Å². The van der Waals surface area contributed by atoms with Crippen LogP contribution in [0.25, 0.3) is 11.2 Å². The number of aryl methyl sites for hydroxylation is 2. The molecule has 0 unspecified atom stereocenters. The Morgan fingerprint density at radius 3 is 2.65 bits per heavy atom. The largest absolute Gasteiger partial charge is 0.329 e. The SMILES string of the molecule is CCCn1c(S[C@@H](C)CC)nc2c1c(=O)[nH]c(=O)n2C. The van der Waals surface area contributed by atoms with Gasteiger partial charge in [-0.1, -0.05) is 32.5 Å². The Balaban J connectivity index is 2.72. The molecule has 110 valence electrons. The standard InChI is InChI=1S/C13H20N4O2S/c1-5-7-17-9-10(14-13(17)20-8(3)6-2)16(4)12(19)15-11(9)18/h8H,5-7H2,1-4H3,(H,15,18,19)/t8-/m0/s1. The van der Waals surface area contributed by atoms with Gasteiger partial charge in [-0.3, -0.25) is 14.3 Å². The molecular formula is C13H20N4O2S. The van der Waals surface area contributed by atoms with Crippen molar-refractivity contribution >= 4 is 22.9 Å². The van der Waals surface area contributed by atoms with E-state index in [9.17, 15) is 9.59 Å². The summed E-state index contributed by atoms with van der Waals surface area (Å²) < 4.78 is 3.31. The molecule has 1 atom stereocenters. The van der Waals surface area contributed by atoms with Crippen LogP contribution in [0.1, 0.15) is 33.6 Å². The number of nitrogens with one attached hydrogen (secondary N) is 1. The molecule has 0 bridgehead atoms. The van der Waals surface area contributed by atoms with Gasteiger partial charge in [0.15, 0.2) is 16.3 Å². The molecule has 0 spiro atoms. The molecule has 0 aliphatic carbocycles. The molecule has 0 fully saturated rings. The molecule has 2 aromatic heterocycles. The Labute approximate surface area is 121 Å². The lowest BCUT2D eigenvalue weighted by molar-refractivity contribution is 0.635. The van der Waals surface area contributed by atoms with Gasteiger partial charge in [-0.2, -0.15) is 0 Å². The van der Waals surface area contributed by atoms with Crippen molar-refractivity contribution in [2.24, 2.45) is 7.05 Å². The Hall–Kier alpha value is -1.50. The average molecular weight is 296 g/mol. The van der Waals surface area contributed by atoms with Crippen LogP contribution in [0.15, 0.2) is 14.7 Å². The minimum Gasteiger partial charge on any atom is -0.313 e. The van der Waals surface area contributed by atoms with Gasteiger partial charge in [-0.15, -0.1) is 0 Å². The number of hydrogen-bond donors (Lipinski definition) is 1. The van der Waals surface area contributed by atoms with E-state index in [4.69, 9.17) is 0 Å². The summed E-state index contributed by atoms with van der Waals surface area (Å²) in [4.78, 5) is 30.6. The van der Waals surface area contributed by atoms with Crippen molar-refractivity contribution in [1.82, 2.24) is 19.1 Å². The van der Waals surface area contributed by atoms with E-state index in [-0.39, 0.29) is 5.56 Å². The number of nitrogens with zero attached hydrogens (tertiary/aromatic N) is 3. The van der Waals surface area contributed by atoms with Gasteiger partial charge in [0, 0.05) is 18.8 Å². The summed E-state index contributed by atoms with van der Waals surface area (Å²) in [5.41, 5.74) is 0.154. The second kappa shape index (κ2) is 5.87. The molecule has 0 aromatic carbocycles. The quantitative estimate of drug-likeness (QED) is 0.853. The Bertz CT molecular complexity index is 728. The zero-order valence-corrected chi connectivity index (χ0v) is 13.1. The summed E-state index contributed by atoms with van der Waals surface area (Å²) in [6.07, 6.45) is 1.93. The second-order valence-corrected chi connectivity index (χ2v) is 6.28. The molecule has 1 N–H and O–H groups in total. The van der Waals surface area contributed by atoms with Gasteiger partial charge < -0.3 is 4.57 Å². The third-order valence-corrected chi connectivity index (χ3v) is 4.56. The minimum absolute atomic E-state index is 0.361. The van der Waals surface area contributed by atoms with Crippen LogP contribution in [0, 0.1) is 0 Å². The van der Waals surface area contributed by atoms with Crippen LogP contribution in [0.4, 0.5) is 0 Å². The minimum atomic E-state index is -0.427. The van der Waals surface area contributed by atoms with Crippen molar-refractivity contribution in [3.05, 3.63) is 20.8 Å². The first-order valence-corrected chi connectivity index (χ1v) is 7.73. The number of fused-ring (bicyclic) bond motifs is 1. The first-order valence-electron chi connectivity index (χ1n) is 6.85. The molecule has 0 aliphatic rings. The zero-order valence-electron chi connectivity index (χ0n) is 12.3. The molecule has 2 aromatic rings. The van der Waals surface area contributed by atoms with Gasteiger partial charge in [0.25, 0.3) is 5.56 Å². The maximum Gasteiger partial charge on any atom is 0.329 e. The van der Waals surface area contributed by atoms with Gasteiger partial charge >= 0.3 is 5.69 Å². The fraction of sp³-hybridized carbons (Fsp3) is 0.615. The van der Waals surface area contributed by atoms with Gasteiger partial charge in [0.1, 0.15) is 0 Å². The van der Waals surface area contributed by atoms with E-state index in [0.717, 1.165) is 24.5 Å². The smallest absolute Gasteiger partial charge is 0.313 e. The van der Waals surface area contributed by atoms with Gasteiger partial charge in [0.2, 0.25) is 0 Å². The summed E-state index contributed by atoms with van der Waals surface area (Å²) in [6, 6.07) is 0. The highest BCUT2D eigenvalue weighted by atomic mass is 32.2. The van der Waals surface area contributed by atoms with Crippen LogP contribution in [0.2, 0.25) is 0 Å². The molecule has 6 nitrogen and oxygen atoms in total. The third kappa shape index (κ3) is 2.54. The number of thioether (sulfide) groups is 1. The highest BCUT2D eigenvalue weighted by Crippen LogP contribution is 2.26. The number of aromatic amines is 1. The van der Waals surface area contributed by atoms with Crippen molar-refractivity contribution in [1.29, 1.82) is 0 Å². The predicted molar refractivity (Wildman–Crippen MR) is 81.5 cm³/mol. The topological polar surface area (TPSA) is 72.7 Å². The number of hydrogen-bond acceptors (Lipinski definition) is 4. The normalized spacial score (nSPS) is 13.0. The van der Waals surface area contributed by atoms with Gasteiger partial charge in [-0.05, 0) is 12.8 Å². The zero-order chi connectivity index (χ0) is 14.9. The molecule has 2 heterocycles. The lowest BCUT2D eigenvalue weighted by atomic mass is 10.4. The molecular weight excluding hydrogens is 276 g/mol.